The number of benzene rings is 1. The highest BCUT2D eigenvalue weighted by Crippen LogP contribution is 2.19. The minimum atomic E-state index is -1.15. The van der Waals surface area contributed by atoms with Gasteiger partial charge in [-0.3, -0.25) is 19.2 Å². The molecule has 3 rings (SSSR count). The second kappa shape index (κ2) is 11.1. The number of nitrogens with one attached hydrogen (secondary N) is 3. The predicted octanol–water partition coefficient (Wildman–Crippen LogP) is -0.192. The number of para-hydroxylation sites is 1. The number of hydrogen-bond donors (Lipinski definition) is 4. The Kier molecular flexibility index (Phi) is 8.26. The van der Waals surface area contributed by atoms with Crippen molar-refractivity contribution in [1.82, 2.24) is 20.9 Å². The summed E-state index contributed by atoms with van der Waals surface area (Å²) in [7, 11) is 0. The molecule has 2 heterocycles. The lowest BCUT2D eigenvalue weighted by Gasteiger charge is -2.26. The van der Waals surface area contributed by atoms with Crippen molar-refractivity contribution in [1.29, 1.82) is 0 Å². The van der Waals surface area contributed by atoms with E-state index in [1.165, 1.54) is 4.90 Å². The molecule has 0 aromatic heterocycles. The SMILES string of the molecule is CC(C)C[C@H]1NC(=O)C[C@@H](C(=O)N2CC[C@@H](O)C2)NC(=O)c2ccccc2OCCNC1=O. The van der Waals surface area contributed by atoms with Crippen LogP contribution in [0, 0.1) is 5.92 Å². The molecule has 1 aromatic carbocycles. The van der Waals surface area contributed by atoms with E-state index in [0.29, 0.717) is 25.1 Å². The van der Waals surface area contributed by atoms with Gasteiger partial charge in [0, 0.05) is 13.1 Å². The minimum Gasteiger partial charge on any atom is -0.491 e. The number of rotatable bonds is 3. The number of fused-ring (bicyclic) bond motifs is 1. The Bertz CT molecular complexity index is 889. The Hall–Kier alpha value is -3.14. The van der Waals surface area contributed by atoms with Crippen LogP contribution in [0.4, 0.5) is 0 Å². The van der Waals surface area contributed by atoms with E-state index in [2.05, 4.69) is 16.0 Å². The van der Waals surface area contributed by atoms with Crippen LogP contribution in [0.3, 0.4) is 0 Å². The van der Waals surface area contributed by atoms with Crippen LogP contribution in [0.2, 0.25) is 0 Å². The number of nitrogens with zero attached hydrogens (tertiary/aromatic N) is 1. The first-order valence-corrected chi connectivity index (χ1v) is 11.3. The van der Waals surface area contributed by atoms with Crippen molar-refractivity contribution in [3.8, 4) is 5.75 Å². The van der Waals surface area contributed by atoms with Crippen molar-refractivity contribution < 1.29 is 29.0 Å². The average molecular weight is 461 g/mol. The molecule has 0 saturated carbocycles. The van der Waals surface area contributed by atoms with E-state index in [-0.39, 0.29) is 43.5 Å². The van der Waals surface area contributed by atoms with Crippen molar-refractivity contribution in [2.45, 2.75) is 51.3 Å². The third-order valence-corrected chi connectivity index (χ3v) is 5.62. The van der Waals surface area contributed by atoms with Crippen LogP contribution in [-0.2, 0) is 14.4 Å². The second-order valence-corrected chi connectivity index (χ2v) is 8.84. The van der Waals surface area contributed by atoms with E-state index >= 15 is 0 Å². The number of ether oxygens (including phenoxy) is 1. The standard InChI is InChI=1S/C23H32N4O6/c1-14(2)11-17-22(31)24-8-10-33-19-6-4-3-5-16(19)21(30)26-18(12-20(29)25-17)23(32)27-9-7-15(28)13-27/h3-6,14-15,17-18,28H,7-13H2,1-2H3,(H,24,31)(H,25,29)(H,26,30)/t15-,17-,18+/m1/s1. The molecule has 10 nitrogen and oxygen atoms in total. The summed E-state index contributed by atoms with van der Waals surface area (Å²) in [6.07, 6.45) is -0.108. The zero-order chi connectivity index (χ0) is 24.0. The Balaban J connectivity index is 1.88. The van der Waals surface area contributed by atoms with Crippen LogP contribution < -0.4 is 20.7 Å². The van der Waals surface area contributed by atoms with Crippen LogP contribution in [0.25, 0.3) is 0 Å². The topological polar surface area (TPSA) is 137 Å². The Morgan fingerprint density at radius 2 is 1.97 bits per heavy atom. The summed E-state index contributed by atoms with van der Waals surface area (Å²) in [4.78, 5) is 53.1. The molecule has 1 saturated heterocycles. The molecule has 0 unspecified atom stereocenters. The number of β-amino-alcohol motifs (C(OH)–C–C–N with tert-alkyl or cyclic N) is 1. The van der Waals surface area contributed by atoms with E-state index in [1.807, 2.05) is 13.8 Å². The Morgan fingerprint density at radius 3 is 2.67 bits per heavy atom. The van der Waals surface area contributed by atoms with E-state index in [1.54, 1.807) is 24.3 Å². The summed E-state index contributed by atoms with van der Waals surface area (Å²) in [5.41, 5.74) is 0.221. The zero-order valence-electron chi connectivity index (χ0n) is 19.0. The maximum atomic E-state index is 13.1. The molecule has 2 aliphatic heterocycles. The van der Waals surface area contributed by atoms with Gasteiger partial charge in [-0.25, -0.2) is 0 Å². The summed E-state index contributed by atoms with van der Waals surface area (Å²) in [6.45, 7) is 4.70. The lowest BCUT2D eigenvalue weighted by Crippen LogP contribution is -2.53. The first-order valence-electron chi connectivity index (χ1n) is 11.3. The molecular weight excluding hydrogens is 428 g/mol. The van der Waals surface area contributed by atoms with Crippen molar-refractivity contribution in [3.05, 3.63) is 29.8 Å². The smallest absolute Gasteiger partial charge is 0.255 e. The van der Waals surface area contributed by atoms with Crippen LogP contribution in [0.1, 0.15) is 43.5 Å². The summed E-state index contributed by atoms with van der Waals surface area (Å²) in [6, 6.07) is 4.66. The second-order valence-electron chi connectivity index (χ2n) is 8.84. The largest absolute Gasteiger partial charge is 0.491 e. The molecule has 2 aliphatic rings. The summed E-state index contributed by atoms with van der Waals surface area (Å²) in [5.74, 6) is -1.39. The van der Waals surface area contributed by atoms with Gasteiger partial charge in [-0.2, -0.15) is 0 Å². The van der Waals surface area contributed by atoms with Gasteiger partial charge in [0.15, 0.2) is 0 Å². The van der Waals surface area contributed by atoms with E-state index in [9.17, 15) is 24.3 Å². The number of carbonyl (C=O) groups is 4. The highest BCUT2D eigenvalue weighted by Gasteiger charge is 2.34. The lowest BCUT2D eigenvalue weighted by atomic mass is 10.0. The van der Waals surface area contributed by atoms with Gasteiger partial charge in [0.1, 0.15) is 24.4 Å². The van der Waals surface area contributed by atoms with Crippen molar-refractivity contribution >= 4 is 23.6 Å². The molecule has 10 heteroatoms. The molecular formula is C23H32N4O6. The summed E-state index contributed by atoms with van der Waals surface area (Å²) < 4.78 is 5.71. The maximum absolute atomic E-state index is 13.1. The van der Waals surface area contributed by atoms with Gasteiger partial charge in [-0.15, -0.1) is 0 Å². The van der Waals surface area contributed by atoms with Gasteiger partial charge in [0.25, 0.3) is 5.91 Å². The number of aliphatic hydroxyl groups is 1. The van der Waals surface area contributed by atoms with Crippen LogP contribution in [-0.4, -0.2) is 78.1 Å². The van der Waals surface area contributed by atoms with Gasteiger partial charge in [0.2, 0.25) is 17.7 Å². The molecule has 33 heavy (non-hydrogen) atoms. The third-order valence-electron chi connectivity index (χ3n) is 5.62. The summed E-state index contributed by atoms with van der Waals surface area (Å²) in [5, 5.41) is 17.9. The van der Waals surface area contributed by atoms with Gasteiger partial charge in [-0.05, 0) is 30.9 Å². The number of hydrogen-bond acceptors (Lipinski definition) is 6. The first kappa shape index (κ1) is 24.5. The molecule has 1 fully saturated rings. The molecule has 4 amide bonds. The quantitative estimate of drug-likeness (QED) is 0.493. The zero-order valence-corrected chi connectivity index (χ0v) is 19.0. The normalized spacial score (nSPS) is 24.8. The highest BCUT2D eigenvalue weighted by molar-refractivity contribution is 6.01. The van der Waals surface area contributed by atoms with Crippen LogP contribution in [0.15, 0.2) is 24.3 Å². The van der Waals surface area contributed by atoms with Gasteiger partial charge in [-0.1, -0.05) is 26.0 Å². The Morgan fingerprint density at radius 1 is 1.21 bits per heavy atom. The van der Waals surface area contributed by atoms with Crippen molar-refractivity contribution in [2.24, 2.45) is 5.92 Å². The molecule has 4 N–H and O–H groups in total. The van der Waals surface area contributed by atoms with Crippen LogP contribution >= 0.6 is 0 Å². The predicted molar refractivity (Wildman–Crippen MR) is 119 cm³/mol. The van der Waals surface area contributed by atoms with Crippen LogP contribution in [0.5, 0.6) is 5.75 Å². The molecule has 3 atom stereocenters. The molecule has 0 bridgehead atoms. The fraction of sp³-hybridized carbons (Fsp3) is 0.565. The maximum Gasteiger partial charge on any atom is 0.255 e. The number of likely N-dealkylation sites (tertiary alicyclic amines) is 1. The molecule has 1 aromatic rings. The van der Waals surface area contributed by atoms with E-state index in [0.717, 1.165) is 0 Å². The number of aliphatic hydroxyl groups excluding tert-OH is 1. The first-order chi connectivity index (χ1) is 15.7. The molecule has 180 valence electrons. The summed E-state index contributed by atoms with van der Waals surface area (Å²) >= 11 is 0. The Labute approximate surface area is 193 Å². The number of carbonyl (C=O) groups excluding carboxylic acids is 4. The fourth-order valence-electron chi connectivity index (χ4n) is 3.98. The van der Waals surface area contributed by atoms with Gasteiger partial charge >= 0.3 is 0 Å². The van der Waals surface area contributed by atoms with E-state index < -0.39 is 35.9 Å². The molecule has 0 radical (unpaired) electrons. The minimum absolute atomic E-state index is 0.131. The third kappa shape index (κ3) is 6.67. The van der Waals surface area contributed by atoms with Gasteiger partial charge in [0.05, 0.1) is 24.6 Å². The molecule has 0 aliphatic carbocycles. The average Bonchev–Trinajstić information content (AvgIpc) is 3.20. The van der Waals surface area contributed by atoms with Gasteiger partial charge < -0.3 is 30.7 Å². The number of amides is 4. The molecule has 0 spiro atoms. The highest BCUT2D eigenvalue weighted by atomic mass is 16.5. The lowest BCUT2D eigenvalue weighted by molar-refractivity contribution is -0.136. The fourth-order valence-corrected chi connectivity index (χ4v) is 3.98. The monoisotopic (exact) mass is 460 g/mol. The van der Waals surface area contributed by atoms with E-state index in [4.69, 9.17) is 4.74 Å². The van der Waals surface area contributed by atoms with Crippen molar-refractivity contribution in [3.63, 3.8) is 0 Å². The van der Waals surface area contributed by atoms with Crippen molar-refractivity contribution in [2.75, 3.05) is 26.2 Å².